The second kappa shape index (κ2) is 6.05. The van der Waals surface area contributed by atoms with E-state index in [0.29, 0.717) is 11.5 Å². The summed E-state index contributed by atoms with van der Waals surface area (Å²) in [4.78, 5) is 25.4. The van der Waals surface area contributed by atoms with Crippen LogP contribution in [-0.2, 0) is 9.53 Å². The lowest BCUT2D eigenvalue weighted by Gasteiger charge is -2.17. The molecule has 0 fully saturated rings. The number of nitrogens with zero attached hydrogens (tertiary/aromatic N) is 1. The summed E-state index contributed by atoms with van der Waals surface area (Å²) in [6.45, 7) is 1.68. The predicted molar refractivity (Wildman–Crippen MR) is 68.8 cm³/mol. The van der Waals surface area contributed by atoms with Crippen molar-refractivity contribution in [2.45, 2.75) is 18.9 Å². The minimum absolute atomic E-state index is 0.0821. The Kier molecular flexibility index (Phi) is 4.19. The van der Waals surface area contributed by atoms with Gasteiger partial charge in [0.2, 0.25) is 0 Å². The van der Waals surface area contributed by atoms with Crippen LogP contribution in [-0.4, -0.2) is 28.5 Å². The van der Waals surface area contributed by atoms with Crippen molar-refractivity contribution in [1.29, 1.82) is 0 Å². The van der Waals surface area contributed by atoms with Crippen molar-refractivity contribution in [3.05, 3.63) is 58.3 Å². The third-order valence-electron chi connectivity index (χ3n) is 2.88. The Morgan fingerprint density at radius 1 is 1.50 bits per heavy atom. The molecule has 0 radical (unpaired) electrons. The Morgan fingerprint density at radius 2 is 2.30 bits per heavy atom. The smallest absolute Gasteiger partial charge is 0.382 e. The topological polar surface area (TPSA) is 98.4 Å². The van der Waals surface area contributed by atoms with Crippen molar-refractivity contribution < 1.29 is 18.9 Å². The predicted octanol–water partition coefficient (Wildman–Crippen LogP) is 1.95. The lowest BCUT2D eigenvalue weighted by molar-refractivity contribution is -0.513. The van der Waals surface area contributed by atoms with Gasteiger partial charge in [-0.2, -0.15) is 0 Å². The minimum atomic E-state index is -1.56. The number of esters is 1. The van der Waals surface area contributed by atoms with Crippen molar-refractivity contribution >= 4 is 5.97 Å². The molecule has 2 aromatic rings. The molecule has 2 aromatic heterocycles. The molecular weight excluding hydrogens is 264 g/mol. The fraction of sp³-hybridized carbons (Fsp3) is 0.308. The van der Waals surface area contributed by atoms with E-state index in [0.717, 1.165) is 0 Å². The van der Waals surface area contributed by atoms with Gasteiger partial charge in [0.1, 0.15) is 11.7 Å². The number of hydrogen-bond acceptors (Lipinski definition) is 5. The maximum absolute atomic E-state index is 11.9. The van der Waals surface area contributed by atoms with Gasteiger partial charge in [0, 0.05) is 16.8 Å². The number of nitro groups is 1. The third-order valence-corrected chi connectivity index (χ3v) is 2.88. The molecule has 2 atom stereocenters. The first-order valence-corrected chi connectivity index (χ1v) is 6.12. The number of ether oxygens (including phenoxy) is 1. The van der Waals surface area contributed by atoms with Gasteiger partial charge in [-0.1, -0.05) is 0 Å². The highest BCUT2D eigenvalue weighted by molar-refractivity contribution is 5.76. The van der Waals surface area contributed by atoms with Gasteiger partial charge >= 0.3 is 12.0 Å². The Balaban J connectivity index is 2.43. The zero-order valence-electron chi connectivity index (χ0n) is 10.8. The van der Waals surface area contributed by atoms with E-state index in [-0.39, 0.29) is 6.61 Å². The molecule has 0 saturated heterocycles. The highest BCUT2D eigenvalue weighted by Crippen LogP contribution is 2.29. The van der Waals surface area contributed by atoms with E-state index < -0.39 is 22.9 Å². The van der Waals surface area contributed by atoms with Crippen LogP contribution in [0.5, 0.6) is 0 Å². The van der Waals surface area contributed by atoms with Crippen LogP contribution in [0.25, 0.3) is 0 Å². The normalized spacial score (nSPS) is 13.7. The molecule has 0 amide bonds. The number of hydrogen-bond donors (Lipinski definition) is 1. The number of carbonyl (C=O) groups excluding carboxylic acids is 1. The van der Waals surface area contributed by atoms with Crippen LogP contribution in [0.4, 0.5) is 0 Å². The zero-order valence-corrected chi connectivity index (χ0v) is 10.8. The van der Waals surface area contributed by atoms with E-state index in [9.17, 15) is 14.9 Å². The number of aromatic amines is 1. The van der Waals surface area contributed by atoms with Gasteiger partial charge in [-0.05, 0) is 31.2 Å². The van der Waals surface area contributed by atoms with E-state index in [2.05, 4.69) is 4.98 Å². The first-order chi connectivity index (χ1) is 9.65. The molecule has 1 N–H and O–H groups in total. The molecule has 7 nitrogen and oxygen atoms in total. The fourth-order valence-electron chi connectivity index (χ4n) is 2.06. The standard InChI is InChI=1S/C13H14N2O5/c1-2-19-13(16)12(15(17)18)11(9-5-3-7-14-9)10-6-4-8-20-10/h3-8,11-12,14H,2H2,1H3. The lowest BCUT2D eigenvalue weighted by Crippen LogP contribution is -2.37. The molecule has 0 aromatic carbocycles. The van der Waals surface area contributed by atoms with E-state index in [1.54, 1.807) is 37.4 Å². The Morgan fingerprint density at radius 3 is 2.80 bits per heavy atom. The highest BCUT2D eigenvalue weighted by Gasteiger charge is 2.44. The molecule has 2 unspecified atom stereocenters. The number of rotatable bonds is 6. The van der Waals surface area contributed by atoms with Crippen molar-refractivity contribution in [1.82, 2.24) is 4.98 Å². The second-order valence-electron chi connectivity index (χ2n) is 4.10. The summed E-state index contributed by atoms with van der Waals surface area (Å²) in [7, 11) is 0. The summed E-state index contributed by atoms with van der Waals surface area (Å²) in [5.41, 5.74) is 0.523. The van der Waals surface area contributed by atoms with Crippen LogP contribution in [0.2, 0.25) is 0 Å². The molecule has 0 bridgehead atoms. The monoisotopic (exact) mass is 278 g/mol. The van der Waals surface area contributed by atoms with Crippen LogP contribution in [0.1, 0.15) is 24.3 Å². The van der Waals surface area contributed by atoms with Gasteiger partial charge < -0.3 is 14.1 Å². The quantitative estimate of drug-likeness (QED) is 0.494. The second-order valence-corrected chi connectivity index (χ2v) is 4.10. The summed E-state index contributed by atoms with van der Waals surface area (Å²) < 4.78 is 10.1. The van der Waals surface area contributed by atoms with Gasteiger partial charge in [0.15, 0.2) is 0 Å². The Labute approximate surface area is 114 Å². The van der Waals surface area contributed by atoms with Gasteiger partial charge in [-0.25, -0.2) is 4.79 Å². The number of carbonyl (C=O) groups is 1. The summed E-state index contributed by atoms with van der Waals surface area (Å²) in [5, 5.41) is 11.3. The van der Waals surface area contributed by atoms with Gasteiger partial charge in [-0.3, -0.25) is 10.1 Å². The molecule has 0 aliphatic rings. The first-order valence-electron chi connectivity index (χ1n) is 6.12. The average molecular weight is 278 g/mol. The maximum atomic E-state index is 11.9. The highest BCUT2D eigenvalue weighted by atomic mass is 16.6. The van der Waals surface area contributed by atoms with Gasteiger partial charge in [-0.15, -0.1) is 0 Å². The first kappa shape index (κ1) is 13.9. The van der Waals surface area contributed by atoms with E-state index in [4.69, 9.17) is 9.15 Å². The van der Waals surface area contributed by atoms with E-state index >= 15 is 0 Å². The minimum Gasteiger partial charge on any atom is -0.468 e. The molecule has 106 valence electrons. The van der Waals surface area contributed by atoms with E-state index in [1.807, 2.05) is 0 Å². The summed E-state index contributed by atoms with van der Waals surface area (Å²) >= 11 is 0. The van der Waals surface area contributed by atoms with Crippen molar-refractivity contribution in [2.75, 3.05) is 6.61 Å². The van der Waals surface area contributed by atoms with Crippen molar-refractivity contribution in [3.63, 3.8) is 0 Å². The third kappa shape index (κ3) is 2.71. The van der Waals surface area contributed by atoms with Crippen molar-refractivity contribution in [3.8, 4) is 0 Å². The molecule has 0 aliphatic heterocycles. The Bertz CT molecular complexity index is 527. The SMILES string of the molecule is CCOC(=O)C(C(c1ccc[nH]1)c1ccco1)[N+](=O)[O-]. The van der Waals surface area contributed by atoms with Crippen LogP contribution in [0.3, 0.4) is 0 Å². The molecule has 20 heavy (non-hydrogen) atoms. The molecule has 0 aliphatic carbocycles. The fourth-order valence-corrected chi connectivity index (χ4v) is 2.06. The molecule has 0 spiro atoms. The average Bonchev–Trinajstić information content (AvgIpc) is 3.09. The molecular formula is C13H14N2O5. The molecule has 2 rings (SSSR count). The molecule has 0 saturated carbocycles. The summed E-state index contributed by atoms with van der Waals surface area (Å²) in [6.07, 6.45) is 3.04. The van der Waals surface area contributed by atoms with Crippen LogP contribution in [0.15, 0.2) is 41.1 Å². The largest absolute Gasteiger partial charge is 0.468 e. The van der Waals surface area contributed by atoms with Gasteiger partial charge in [0.05, 0.1) is 12.9 Å². The number of H-pyrrole nitrogens is 1. The molecule has 7 heteroatoms. The van der Waals surface area contributed by atoms with Gasteiger partial charge in [0.25, 0.3) is 0 Å². The van der Waals surface area contributed by atoms with Crippen LogP contribution in [0, 0.1) is 10.1 Å². The maximum Gasteiger partial charge on any atom is 0.382 e. The van der Waals surface area contributed by atoms with E-state index in [1.165, 1.54) is 6.26 Å². The van der Waals surface area contributed by atoms with Crippen LogP contribution < -0.4 is 0 Å². The van der Waals surface area contributed by atoms with Crippen molar-refractivity contribution in [2.24, 2.45) is 0 Å². The Hall–Kier alpha value is -2.57. The molecule has 2 heterocycles. The number of aromatic nitrogens is 1. The number of nitrogens with one attached hydrogen (secondary N) is 1. The summed E-state index contributed by atoms with van der Waals surface area (Å²) in [5.74, 6) is -1.40. The summed E-state index contributed by atoms with van der Waals surface area (Å²) in [6, 6.07) is 5.03. The number of furan rings is 1. The van der Waals surface area contributed by atoms with Crippen LogP contribution >= 0.6 is 0 Å². The lowest BCUT2D eigenvalue weighted by atomic mass is 9.94. The zero-order chi connectivity index (χ0) is 14.5.